The minimum absolute atomic E-state index is 0.110. The smallest absolute Gasteiger partial charge is 0.280 e. The minimum Gasteiger partial charge on any atom is -0.490 e. The van der Waals surface area contributed by atoms with Crippen molar-refractivity contribution in [3.63, 3.8) is 0 Å². The molecule has 0 saturated carbocycles. The molecule has 1 heterocycles. The number of carbonyl (C=O) groups is 1. The number of anilines is 1. The highest BCUT2D eigenvalue weighted by atomic mass is 16.5. The maximum atomic E-state index is 13.1. The largest absolute Gasteiger partial charge is 0.490 e. The molecule has 0 radical (unpaired) electrons. The van der Waals surface area contributed by atoms with Gasteiger partial charge in [-0.1, -0.05) is 37.6 Å². The van der Waals surface area contributed by atoms with E-state index in [-0.39, 0.29) is 5.91 Å². The molecule has 0 unspecified atom stereocenters. The molecule has 0 saturated heterocycles. The van der Waals surface area contributed by atoms with Gasteiger partial charge in [0, 0.05) is 0 Å². The molecule has 5 nitrogen and oxygen atoms in total. The van der Waals surface area contributed by atoms with Crippen molar-refractivity contribution in [2.45, 2.75) is 33.6 Å². The van der Waals surface area contributed by atoms with Gasteiger partial charge in [0.15, 0.2) is 11.5 Å². The molecule has 146 valence electrons. The zero-order valence-electron chi connectivity index (χ0n) is 16.6. The SMILES string of the molecule is CCCC1=NN(c2ccccc2)C(=O)/C1=C\c1ccc(OCC)c(OCC)c1. The molecule has 0 bridgehead atoms. The fraction of sp³-hybridized carbons (Fsp3) is 0.304. The summed E-state index contributed by atoms with van der Waals surface area (Å²) in [4.78, 5) is 13.1. The predicted octanol–water partition coefficient (Wildman–Crippen LogP) is 5.07. The number of carbonyl (C=O) groups excluding carboxylic acids is 1. The van der Waals surface area contributed by atoms with Crippen LogP contribution in [-0.4, -0.2) is 24.8 Å². The molecule has 0 atom stereocenters. The van der Waals surface area contributed by atoms with Crippen LogP contribution in [0.5, 0.6) is 11.5 Å². The van der Waals surface area contributed by atoms with Crippen LogP contribution in [0.1, 0.15) is 39.2 Å². The summed E-state index contributed by atoms with van der Waals surface area (Å²) in [5.74, 6) is 1.28. The lowest BCUT2D eigenvalue weighted by molar-refractivity contribution is -0.114. The second-order valence-electron chi connectivity index (χ2n) is 6.38. The number of hydrazone groups is 1. The summed E-state index contributed by atoms with van der Waals surface area (Å²) in [5, 5.41) is 6.07. The number of hydrogen-bond acceptors (Lipinski definition) is 4. The summed E-state index contributed by atoms with van der Waals surface area (Å²) in [6, 6.07) is 15.2. The Morgan fingerprint density at radius 3 is 2.36 bits per heavy atom. The molecule has 0 aliphatic carbocycles. The number of para-hydroxylation sites is 1. The summed E-state index contributed by atoms with van der Waals surface area (Å²) in [7, 11) is 0. The first-order chi connectivity index (χ1) is 13.7. The molecule has 3 rings (SSSR count). The van der Waals surface area contributed by atoms with Crippen LogP contribution in [0.15, 0.2) is 59.2 Å². The molecule has 0 spiro atoms. The third-order valence-electron chi connectivity index (χ3n) is 4.32. The lowest BCUT2D eigenvalue weighted by Crippen LogP contribution is -2.21. The Labute approximate surface area is 166 Å². The van der Waals surface area contributed by atoms with Crippen molar-refractivity contribution < 1.29 is 14.3 Å². The molecule has 0 N–H and O–H groups in total. The van der Waals surface area contributed by atoms with Gasteiger partial charge in [-0.2, -0.15) is 10.1 Å². The van der Waals surface area contributed by atoms with E-state index in [1.54, 1.807) is 0 Å². The van der Waals surface area contributed by atoms with E-state index in [2.05, 4.69) is 12.0 Å². The predicted molar refractivity (Wildman–Crippen MR) is 113 cm³/mol. The lowest BCUT2D eigenvalue weighted by atomic mass is 10.0. The van der Waals surface area contributed by atoms with Crippen LogP contribution < -0.4 is 14.5 Å². The van der Waals surface area contributed by atoms with Crippen LogP contribution in [-0.2, 0) is 4.79 Å². The van der Waals surface area contributed by atoms with Gasteiger partial charge in [0.05, 0.1) is 30.2 Å². The number of ether oxygens (including phenoxy) is 2. The second-order valence-corrected chi connectivity index (χ2v) is 6.38. The van der Waals surface area contributed by atoms with E-state index in [1.807, 2.05) is 68.5 Å². The first-order valence-corrected chi connectivity index (χ1v) is 9.76. The molecule has 28 heavy (non-hydrogen) atoms. The third kappa shape index (κ3) is 4.25. The molecular formula is C23H26N2O3. The summed E-state index contributed by atoms with van der Waals surface area (Å²) in [6.45, 7) is 7.07. The van der Waals surface area contributed by atoms with Crippen LogP contribution in [0, 0.1) is 0 Å². The van der Waals surface area contributed by atoms with Crippen molar-refractivity contribution >= 4 is 23.4 Å². The lowest BCUT2D eigenvalue weighted by Gasteiger charge is -2.12. The number of amides is 1. The molecule has 0 aromatic heterocycles. The summed E-state index contributed by atoms with van der Waals surface area (Å²) in [5.41, 5.74) is 3.08. The van der Waals surface area contributed by atoms with Gasteiger partial charge in [0.25, 0.3) is 5.91 Å². The van der Waals surface area contributed by atoms with Gasteiger partial charge in [0.2, 0.25) is 0 Å². The zero-order valence-corrected chi connectivity index (χ0v) is 16.6. The zero-order chi connectivity index (χ0) is 19.9. The molecule has 1 aliphatic rings. The van der Waals surface area contributed by atoms with E-state index < -0.39 is 0 Å². The maximum absolute atomic E-state index is 13.1. The van der Waals surface area contributed by atoms with Gasteiger partial charge >= 0.3 is 0 Å². The molecule has 5 heteroatoms. The van der Waals surface area contributed by atoms with E-state index in [0.29, 0.717) is 30.3 Å². The standard InChI is InChI=1S/C23H26N2O3/c1-4-10-20-19(23(26)25(24-20)18-11-8-7-9-12-18)15-17-13-14-21(27-5-2)22(16-17)28-6-3/h7-9,11-16H,4-6,10H2,1-3H3/b19-15-. The molecule has 1 amide bonds. The first-order valence-electron chi connectivity index (χ1n) is 9.76. The Balaban J connectivity index is 1.96. The van der Waals surface area contributed by atoms with Crippen LogP contribution in [0.2, 0.25) is 0 Å². The highest BCUT2D eigenvalue weighted by molar-refractivity contribution is 6.32. The fourth-order valence-electron chi connectivity index (χ4n) is 3.09. The highest BCUT2D eigenvalue weighted by Crippen LogP contribution is 2.31. The van der Waals surface area contributed by atoms with Crippen LogP contribution in [0.4, 0.5) is 5.69 Å². The average Bonchev–Trinajstić information content (AvgIpc) is 3.01. The topological polar surface area (TPSA) is 51.1 Å². The maximum Gasteiger partial charge on any atom is 0.280 e. The van der Waals surface area contributed by atoms with Crippen molar-refractivity contribution in [3.8, 4) is 11.5 Å². The Morgan fingerprint density at radius 2 is 1.68 bits per heavy atom. The minimum atomic E-state index is -0.110. The van der Waals surface area contributed by atoms with E-state index >= 15 is 0 Å². The molecule has 2 aromatic carbocycles. The van der Waals surface area contributed by atoms with E-state index in [4.69, 9.17) is 9.47 Å². The summed E-state index contributed by atoms with van der Waals surface area (Å²) >= 11 is 0. The first kappa shape index (κ1) is 19.7. The van der Waals surface area contributed by atoms with Crippen LogP contribution >= 0.6 is 0 Å². The second kappa shape index (κ2) is 9.22. The highest BCUT2D eigenvalue weighted by Gasteiger charge is 2.30. The van der Waals surface area contributed by atoms with Gasteiger partial charge < -0.3 is 9.47 Å². The van der Waals surface area contributed by atoms with Crippen molar-refractivity contribution in [1.82, 2.24) is 0 Å². The van der Waals surface area contributed by atoms with Gasteiger partial charge in [0.1, 0.15) is 0 Å². The number of benzene rings is 2. The molecule has 1 aliphatic heterocycles. The number of nitrogens with zero attached hydrogens (tertiary/aromatic N) is 2. The quantitative estimate of drug-likeness (QED) is 0.603. The number of rotatable bonds is 8. The normalized spacial score (nSPS) is 15.1. The van der Waals surface area contributed by atoms with Gasteiger partial charge in [-0.05, 0) is 56.2 Å². The Kier molecular flexibility index (Phi) is 6.48. The fourth-order valence-corrected chi connectivity index (χ4v) is 3.09. The van der Waals surface area contributed by atoms with Gasteiger partial charge in [-0.15, -0.1) is 0 Å². The third-order valence-corrected chi connectivity index (χ3v) is 4.32. The van der Waals surface area contributed by atoms with Gasteiger partial charge in [-0.25, -0.2) is 0 Å². The van der Waals surface area contributed by atoms with Crippen LogP contribution in [0.3, 0.4) is 0 Å². The number of hydrogen-bond donors (Lipinski definition) is 0. The Hall–Kier alpha value is -3.08. The average molecular weight is 378 g/mol. The van der Waals surface area contributed by atoms with Crippen LogP contribution in [0.25, 0.3) is 6.08 Å². The van der Waals surface area contributed by atoms with E-state index in [0.717, 1.165) is 29.8 Å². The van der Waals surface area contributed by atoms with Crippen molar-refractivity contribution in [3.05, 3.63) is 59.7 Å². The molecule has 0 fully saturated rings. The summed E-state index contributed by atoms with van der Waals surface area (Å²) < 4.78 is 11.3. The van der Waals surface area contributed by atoms with E-state index in [9.17, 15) is 4.79 Å². The Bertz CT molecular complexity index is 888. The van der Waals surface area contributed by atoms with Crippen molar-refractivity contribution in [2.24, 2.45) is 5.10 Å². The summed E-state index contributed by atoms with van der Waals surface area (Å²) in [6.07, 6.45) is 3.55. The van der Waals surface area contributed by atoms with Crippen molar-refractivity contribution in [2.75, 3.05) is 18.2 Å². The molecular weight excluding hydrogens is 352 g/mol. The van der Waals surface area contributed by atoms with E-state index in [1.165, 1.54) is 5.01 Å². The molecule has 2 aromatic rings. The van der Waals surface area contributed by atoms with Gasteiger partial charge in [-0.3, -0.25) is 4.79 Å². The monoisotopic (exact) mass is 378 g/mol. The van der Waals surface area contributed by atoms with Crippen molar-refractivity contribution in [1.29, 1.82) is 0 Å². The Morgan fingerprint density at radius 1 is 0.964 bits per heavy atom.